The van der Waals surface area contributed by atoms with Crippen molar-refractivity contribution in [3.8, 4) is 5.75 Å². The lowest BCUT2D eigenvalue weighted by atomic mass is 9.77. The summed E-state index contributed by atoms with van der Waals surface area (Å²) in [5.74, 6) is -1.81. The highest BCUT2D eigenvalue weighted by Crippen LogP contribution is 2.51. The number of aliphatic imine (C=N–C) groups is 1. The van der Waals surface area contributed by atoms with Gasteiger partial charge in [0.1, 0.15) is 5.75 Å². The van der Waals surface area contributed by atoms with Crippen LogP contribution in [-0.4, -0.2) is 22.6 Å². The Morgan fingerprint density at radius 3 is 2.50 bits per heavy atom. The maximum Gasteiger partial charge on any atom is 0.422 e. The second-order valence-corrected chi connectivity index (χ2v) is 6.94. The molecule has 2 aromatic rings. The summed E-state index contributed by atoms with van der Waals surface area (Å²) >= 11 is 6.04. The van der Waals surface area contributed by atoms with Crippen LogP contribution in [0.15, 0.2) is 41.4 Å². The number of benzene rings is 2. The van der Waals surface area contributed by atoms with Gasteiger partial charge in [0.05, 0.1) is 5.69 Å². The van der Waals surface area contributed by atoms with Gasteiger partial charge in [0.25, 0.3) is 0 Å². The molecule has 0 spiro atoms. The van der Waals surface area contributed by atoms with E-state index in [2.05, 4.69) is 4.99 Å². The van der Waals surface area contributed by atoms with Crippen molar-refractivity contribution >= 4 is 23.5 Å². The fourth-order valence-electron chi connectivity index (χ4n) is 3.29. The molecule has 7 heteroatoms. The van der Waals surface area contributed by atoms with Gasteiger partial charge in [-0.1, -0.05) is 31.5 Å². The van der Waals surface area contributed by atoms with Gasteiger partial charge < -0.3 is 10.2 Å². The second-order valence-electron chi connectivity index (χ2n) is 6.53. The van der Waals surface area contributed by atoms with E-state index < -0.39 is 17.7 Å². The van der Waals surface area contributed by atoms with Gasteiger partial charge in [-0.25, -0.2) is 0 Å². The maximum absolute atomic E-state index is 14.0. The van der Waals surface area contributed by atoms with Crippen molar-refractivity contribution in [2.24, 2.45) is 4.99 Å². The number of hydrogen-bond acceptors (Lipinski definition) is 3. The van der Waals surface area contributed by atoms with Crippen molar-refractivity contribution in [1.82, 2.24) is 0 Å². The van der Waals surface area contributed by atoms with Crippen LogP contribution in [0.3, 0.4) is 0 Å². The first-order valence-electron chi connectivity index (χ1n) is 8.02. The van der Waals surface area contributed by atoms with Crippen molar-refractivity contribution in [3.63, 3.8) is 0 Å². The molecule has 1 aliphatic rings. The van der Waals surface area contributed by atoms with Crippen LogP contribution < -0.4 is 0 Å². The van der Waals surface area contributed by atoms with Crippen molar-refractivity contribution in [3.05, 3.63) is 58.1 Å². The van der Waals surface area contributed by atoms with E-state index >= 15 is 0 Å². The standard InChI is InChI=1S/C19H17ClF3NO2/c1-10-9-24-17-6-3-12(7-14(10)17)18(26,19(21,22)23)11(2)15-8-13(25)4-5-16(15)20/h3-11,25-26H,1-2H3. The van der Waals surface area contributed by atoms with Gasteiger partial charge >= 0.3 is 6.18 Å². The summed E-state index contributed by atoms with van der Waals surface area (Å²) in [7, 11) is 0. The molecule has 0 radical (unpaired) electrons. The number of aromatic hydroxyl groups is 1. The quantitative estimate of drug-likeness (QED) is 0.743. The third-order valence-corrected chi connectivity index (χ3v) is 5.24. The Hall–Kier alpha value is -2.05. The number of alkyl halides is 3. The molecule has 3 unspecified atom stereocenters. The highest BCUT2D eigenvalue weighted by atomic mass is 35.5. The van der Waals surface area contributed by atoms with Gasteiger partial charge in [-0.2, -0.15) is 13.2 Å². The Morgan fingerprint density at radius 1 is 1.15 bits per heavy atom. The third-order valence-electron chi connectivity index (χ3n) is 4.90. The van der Waals surface area contributed by atoms with Crippen LogP contribution in [0.4, 0.5) is 18.9 Å². The molecule has 3 nitrogen and oxygen atoms in total. The van der Waals surface area contributed by atoms with E-state index in [9.17, 15) is 23.4 Å². The number of nitrogens with zero attached hydrogens (tertiary/aromatic N) is 1. The van der Waals surface area contributed by atoms with Gasteiger partial charge in [-0.15, -0.1) is 0 Å². The lowest BCUT2D eigenvalue weighted by Gasteiger charge is -2.37. The number of phenols is 1. The number of halogens is 4. The van der Waals surface area contributed by atoms with Crippen molar-refractivity contribution in [2.75, 3.05) is 0 Å². The first kappa shape index (κ1) is 18.7. The summed E-state index contributed by atoms with van der Waals surface area (Å²) < 4.78 is 42.1. The summed E-state index contributed by atoms with van der Waals surface area (Å²) in [5, 5.41) is 20.6. The normalized spacial score (nSPS) is 19.9. The SMILES string of the molecule is CC1C=Nc2ccc(C(O)(C(C)c3cc(O)ccc3Cl)C(F)(F)F)cc21. The molecule has 0 aromatic heterocycles. The van der Waals surface area contributed by atoms with Crippen LogP contribution in [0.2, 0.25) is 5.02 Å². The largest absolute Gasteiger partial charge is 0.508 e. The average Bonchev–Trinajstić information content (AvgIpc) is 2.95. The zero-order chi connectivity index (χ0) is 19.3. The van der Waals surface area contributed by atoms with E-state index in [4.69, 9.17) is 11.6 Å². The van der Waals surface area contributed by atoms with Crippen LogP contribution in [0.5, 0.6) is 5.75 Å². The minimum Gasteiger partial charge on any atom is -0.508 e. The van der Waals surface area contributed by atoms with Crippen LogP contribution in [0, 0.1) is 0 Å². The van der Waals surface area contributed by atoms with Gasteiger partial charge in [-0.3, -0.25) is 4.99 Å². The summed E-state index contributed by atoms with van der Waals surface area (Å²) in [5.41, 5.74) is -2.24. The summed E-state index contributed by atoms with van der Waals surface area (Å²) in [4.78, 5) is 4.15. The Morgan fingerprint density at radius 2 is 1.85 bits per heavy atom. The molecule has 26 heavy (non-hydrogen) atoms. The molecule has 0 bridgehead atoms. The van der Waals surface area contributed by atoms with E-state index in [0.717, 1.165) is 6.07 Å². The minimum absolute atomic E-state index is 0.0105. The first-order valence-corrected chi connectivity index (χ1v) is 8.39. The molecule has 0 amide bonds. The predicted molar refractivity (Wildman–Crippen MR) is 94.5 cm³/mol. The fourth-order valence-corrected chi connectivity index (χ4v) is 3.57. The minimum atomic E-state index is -4.96. The molecule has 1 aliphatic heterocycles. The number of fused-ring (bicyclic) bond motifs is 1. The average molecular weight is 384 g/mol. The predicted octanol–water partition coefficient (Wildman–Crippen LogP) is 5.42. The van der Waals surface area contributed by atoms with Crippen molar-refractivity contribution < 1.29 is 23.4 Å². The van der Waals surface area contributed by atoms with Gasteiger partial charge in [-0.05, 0) is 47.0 Å². The molecule has 0 saturated heterocycles. The van der Waals surface area contributed by atoms with E-state index in [-0.39, 0.29) is 27.8 Å². The molecule has 3 rings (SSSR count). The number of phenolic OH excluding ortho intramolecular Hbond substituents is 1. The lowest BCUT2D eigenvalue weighted by Crippen LogP contribution is -2.46. The van der Waals surface area contributed by atoms with Crippen LogP contribution in [0.25, 0.3) is 0 Å². The van der Waals surface area contributed by atoms with Crippen molar-refractivity contribution in [2.45, 2.75) is 37.5 Å². The van der Waals surface area contributed by atoms with Crippen LogP contribution in [-0.2, 0) is 5.60 Å². The molecule has 2 N–H and O–H groups in total. The molecule has 3 atom stereocenters. The van der Waals surface area contributed by atoms with E-state index in [1.807, 2.05) is 6.92 Å². The highest BCUT2D eigenvalue weighted by Gasteiger charge is 2.59. The molecular formula is C19H17ClF3NO2. The Bertz CT molecular complexity index is 882. The Labute approximate surface area is 153 Å². The monoisotopic (exact) mass is 383 g/mol. The Kier molecular flexibility index (Phi) is 4.53. The number of hydrogen-bond donors (Lipinski definition) is 2. The topological polar surface area (TPSA) is 52.8 Å². The highest BCUT2D eigenvalue weighted by molar-refractivity contribution is 6.31. The van der Waals surface area contributed by atoms with Crippen LogP contribution in [0.1, 0.15) is 42.4 Å². The second kappa shape index (κ2) is 6.28. The van der Waals surface area contributed by atoms with E-state index in [0.29, 0.717) is 11.3 Å². The smallest absolute Gasteiger partial charge is 0.422 e. The van der Waals surface area contributed by atoms with E-state index in [1.54, 1.807) is 6.21 Å². The summed E-state index contributed by atoms with van der Waals surface area (Å²) in [6.07, 6.45) is -3.31. The maximum atomic E-state index is 14.0. The number of rotatable bonds is 3. The summed E-state index contributed by atoms with van der Waals surface area (Å²) in [6.45, 7) is 3.06. The zero-order valence-electron chi connectivity index (χ0n) is 14.0. The molecule has 138 valence electrons. The zero-order valence-corrected chi connectivity index (χ0v) is 14.8. The van der Waals surface area contributed by atoms with Gasteiger partial charge in [0.2, 0.25) is 0 Å². The summed E-state index contributed by atoms with van der Waals surface area (Å²) in [6, 6.07) is 7.77. The molecule has 0 aliphatic carbocycles. The van der Waals surface area contributed by atoms with Gasteiger partial charge in [0.15, 0.2) is 5.60 Å². The molecule has 1 heterocycles. The molecular weight excluding hydrogens is 367 g/mol. The molecule has 0 fully saturated rings. The first-order chi connectivity index (χ1) is 12.1. The lowest BCUT2D eigenvalue weighted by molar-refractivity contribution is -0.274. The molecule has 2 aromatic carbocycles. The van der Waals surface area contributed by atoms with Gasteiger partial charge in [0, 0.05) is 23.1 Å². The Balaban J connectivity index is 2.17. The van der Waals surface area contributed by atoms with Crippen LogP contribution >= 0.6 is 11.6 Å². The van der Waals surface area contributed by atoms with E-state index in [1.165, 1.54) is 37.3 Å². The van der Waals surface area contributed by atoms with Crippen molar-refractivity contribution in [1.29, 1.82) is 0 Å². The number of aliphatic hydroxyl groups is 1. The fraction of sp³-hybridized carbons (Fsp3) is 0.316. The molecule has 0 saturated carbocycles. The third kappa shape index (κ3) is 2.87.